The van der Waals surface area contributed by atoms with Crippen LogP contribution in [0, 0.1) is 0 Å². The number of thiophene rings is 1. The summed E-state index contributed by atoms with van der Waals surface area (Å²) in [5.74, 6) is 0.0986. The summed E-state index contributed by atoms with van der Waals surface area (Å²) in [6.45, 7) is 1.95. The molecule has 0 unspecified atom stereocenters. The Bertz CT molecular complexity index is 667. The van der Waals surface area contributed by atoms with Gasteiger partial charge in [-0.2, -0.15) is 0 Å². The maximum atomic E-state index is 11.9. The molecule has 0 spiro atoms. The van der Waals surface area contributed by atoms with Gasteiger partial charge in [0.25, 0.3) is 5.91 Å². The molecule has 0 radical (unpaired) electrons. The van der Waals surface area contributed by atoms with Crippen LogP contribution in [0.1, 0.15) is 22.2 Å². The summed E-state index contributed by atoms with van der Waals surface area (Å²) in [4.78, 5) is 24.4. The van der Waals surface area contributed by atoms with E-state index < -0.39 is 0 Å². The largest absolute Gasteiger partial charge is 0.496 e. The first-order valence-corrected chi connectivity index (χ1v) is 7.80. The first kappa shape index (κ1) is 16.0. The minimum atomic E-state index is -0.285. The number of aryl methyl sites for hydroxylation is 1. The Labute approximate surface area is 133 Å². The van der Waals surface area contributed by atoms with Crippen LogP contribution in [-0.4, -0.2) is 25.5 Å². The summed E-state index contributed by atoms with van der Waals surface area (Å²) in [5.41, 5.74) is 1.84. The first-order valence-electron chi connectivity index (χ1n) is 6.92. The summed E-state index contributed by atoms with van der Waals surface area (Å²) < 4.78 is 5.03. The van der Waals surface area contributed by atoms with Crippen molar-refractivity contribution in [2.24, 2.45) is 0 Å². The SMILES string of the molecule is CCc1ccccc1NC(=O)CNC(=O)c1cc(OC)cs1. The highest BCUT2D eigenvalue weighted by atomic mass is 32.1. The van der Waals surface area contributed by atoms with Gasteiger partial charge in [-0.05, 0) is 18.1 Å². The highest BCUT2D eigenvalue weighted by molar-refractivity contribution is 7.12. The number of hydrogen-bond donors (Lipinski definition) is 2. The van der Waals surface area contributed by atoms with Crippen LogP contribution < -0.4 is 15.4 Å². The van der Waals surface area contributed by atoms with Crippen LogP contribution >= 0.6 is 11.3 Å². The van der Waals surface area contributed by atoms with Crippen molar-refractivity contribution in [3.8, 4) is 5.75 Å². The lowest BCUT2D eigenvalue weighted by atomic mass is 10.1. The molecule has 0 fully saturated rings. The molecule has 0 aliphatic rings. The monoisotopic (exact) mass is 318 g/mol. The normalized spacial score (nSPS) is 10.1. The lowest BCUT2D eigenvalue weighted by molar-refractivity contribution is -0.115. The van der Waals surface area contributed by atoms with Crippen LogP contribution in [0.4, 0.5) is 5.69 Å². The molecule has 6 heteroatoms. The molecule has 116 valence electrons. The molecule has 2 N–H and O–H groups in total. The molecule has 0 saturated heterocycles. The topological polar surface area (TPSA) is 67.4 Å². The Morgan fingerprint density at radius 3 is 2.73 bits per heavy atom. The molecule has 2 aromatic rings. The van der Waals surface area contributed by atoms with Gasteiger partial charge < -0.3 is 15.4 Å². The second-order valence-corrected chi connectivity index (χ2v) is 5.50. The van der Waals surface area contributed by atoms with E-state index in [-0.39, 0.29) is 18.4 Å². The van der Waals surface area contributed by atoms with Crippen molar-refractivity contribution in [3.63, 3.8) is 0 Å². The van der Waals surface area contributed by atoms with E-state index in [2.05, 4.69) is 10.6 Å². The number of para-hydroxylation sites is 1. The zero-order chi connectivity index (χ0) is 15.9. The van der Waals surface area contributed by atoms with E-state index in [1.165, 1.54) is 11.3 Å². The molecule has 2 rings (SSSR count). The zero-order valence-electron chi connectivity index (χ0n) is 12.5. The number of rotatable bonds is 6. The van der Waals surface area contributed by atoms with Gasteiger partial charge in [0.15, 0.2) is 0 Å². The lowest BCUT2D eigenvalue weighted by Gasteiger charge is -2.10. The minimum Gasteiger partial charge on any atom is -0.496 e. The maximum absolute atomic E-state index is 11.9. The predicted molar refractivity (Wildman–Crippen MR) is 87.7 cm³/mol. The number of anilines is 1. The van der Waals surface area contributed by atoms with Crippen molar-refractivity contribution in [3.05, 3.63) is 46.2 Å². The van der Waals surface area contributed by atoms with Crippen molar-refractivity contribution in [2.75, 3.05) is 19.0 Å². The van der Waals surface area contributed by atoms with E-state index in [0.717, 1.165) is 17.7 Å². The van der Waals surface area contributed by atoms with E-state index >= 15 is 0 Å². The number of carbonyl (C=O) groups is 2. The number of carbonyl (C=O) groups excluding carboxylic acids is 2. The third-order valence-electron chi connectivity index (χ3n) is 3.12. The number of ether oxygens (including phenoxy) is 1. The van der Waals surface area contributed by atoms with Gasteiger partial charge >= 0.3 is 0 Å². The van der Waals surface area contributed by atoms with Crippen LogP contribution in [0.15, 0.2) is 35.7 Å². The van der Waals surface area contributed by atoms with Gasteiger partial charge in [-0.3, -0.25) is 9.59 Å². The average molecular weight is 318 g/mol. The van der Waals surface area contributed by atoms with Crippen molar-refractivity contribution >= 4 is 28.8 Å². The van der Waals surface area contributed by atoms with Crippen LogP contribution in [-0.2, 0) is 11.2 Å². The Morgan fingerprint density at radius 1 is 1.27 bits per heavy atom. The number of amides is 2. The molecule has 0 atom stereocenters. The predicted octanol–water partition coefficient (Wildman–Crippen LogP) is 2.69. The van der Waals surface area contributed by atoms with Gasteiger partial charge in [-0.1, -0.05) is 25.1 Å². The number of hydrogen-bond acceptors (Lipinski definition) is 4. The molecular weight excluding hydrogens is 300 g/mol. The van der Waals surface area contributed by atoms with Gasteiger partial charge in [0.05, 0.1) is 18.5 Å². The van der Waals surface area contributed by atoms with Gasteiger partial charge in [0, 0.05) is 17.1 Å². The van der Waals surface area contributed by atoms with Crippen molar-refractivity contribution in [1.29, 1.82) is 0 Å². The molecule has 0 aliphatic carbocycles. The number of nitrogens with one attached hydrogen (secondary N) is 2. The quantitative estimate of drug-likeness (QED) is 0.860. The van der Waals surface area contributed by atoms with Crippen molar-refractivity contribution < 1.29 is 14.3 Å². The summed E-state index contributed by atoms with van der Waals surface area (Å²) in [5, 5.41) is 7.15. The highest BCUT2D eigenvalue weighted by Crippen LogP contribution is 2.20. The summed E-state index contributed by atoms with van der Waals surface area (Å²) in [6, 6.07) is 9.25. The van der Waals surface area contributed by atoms with E-state index in [0.29, 0.717) is 10.6 Å². The van der Waals surface area contributed by atoms with Crippen LogP contribution in [0.5, 0.6) is 5.75 Å². The Kier molecular flexibility index (Phi) is 5.55. The van der Waals surface area contributed by atoms with Crippen LogP contribution in [0.3, 0.4) is 0 Å². The third kappa shape index (κ3) is 4.08. The molecule has 0 aliphatic heterocycles. The summed E-state index contributed by atoms with van der Waals surface area (Å²) in [7, 11) is 1.54. The van der Waals surface area contributed by atoms with E-state index in [9.17, 15) is 9.59 Å². The molecule has 2 amide bonds. The molecule has 22 heavy (non-hydrogen) atoms. The lowest BCUT2D eigenvalue weighted by Crippen LogP contribution is -2.32. The third-order valence-corrected chi connectivity index (χ3v) is 4.02. The fourth-order valence-electron chi connectivity index (χ4n) is 1.94. The molecular formula is C16H18N2O3S. The van der Waals surface area contributed by atoms with Crippen LogP contribution in [0.2, 0.25) is 0 Å². The number of methoxy groups -OCH3 is 1. The second-order valence-electron chi connectivity index (χ2n) is 4.59. The van der Waals surface area contributed by atoms with Crippen molar-refractivity contribution in [2.45, 2.75) is 13.3 Å². The molecule has 5 nitrogen and oxygen atoms in total. The van der Waals surface area contributed by atoms with Gasteiger partial charge in [-0.15, -0.1) is 11.3 Å². The van der Waals surface area contributed by atoms with Gasteiger partial charge in [-0.25, -0.2) is 0 Å². The average Bonchev–Trinajstić information content (AvgIpc) is 3.02. The second kappa shape index (κ2) is 7.61. The maximum Gasteiger partial charge on any atom is 0.261 e. The fraction of sp³-hybridized carbons (Fsp3) is 0.250. The van der Waals surface area contributed by atoms with Crippen LogP contribution in [0.25, 0.3) is 0 Å². The Balaban J connectivity index is 1.88. The Morgan fingerprint density at radius 2 is 2.05 bits per heavy atom. The van der Waals surface area contributed by atoms with E-state index in [1.807, 2.05) is 31.2 Å². The molecule has 0 bridgehead atoms. The summed E-state index contributed by atoms with van der Waals surface area (Å²) in [6.07, 6.45) is 0.831. The molecule has 1 aromatic heterocycles. The Hall–Kier alpha value is -2.34. The highest BCUT2D eigenvalue weighted by Gasteiger charge is 2.11. The summed E-state index contributed by atoms with van der Waals surface area (Å²) >= 11 is 1.28. The molecule has 1 aromatic carbocycles. The van der Waals surface area contributed by atoms with Crippen molar-refractivity contribution in [1.82, 2.24) is 5.32 Å². The van der Waals surface area contributed by atoms with E-state index in [4.69, 9.17) is 4.74 Å². The zero-order valence-corrected chi connectivity index (χ0v) is 13.3. The number of benzene rings is 1. The van der Waals surface area contributed by atoms with Gasteiger partial charge in [0.2, 0.25) is 5.91 Å². The van der Waals surface area contributed by atoms with Gasteiger partial charge in [0.1, 0.15) is 5.75 Å². The first-order chi connectivity index (χ1) is 10.6. The smallest absolute Gasteiger partial charge is 0.261 e. The minimum absolute atomic E-state index is 0.0723. The molecule has 1 heterocycles. The fourth-order valence-corrected chi connectivity index (χ4v) is 2.71. The molecule has 0 saturated carbocycles. The van der Waals surface area contributed by atoms with E-state index in [1.54, 1.807) is 18.6 Å². The standard InChI is InChI=1S/C16H18N2O3S/c1-3-11-6-4-5-7-13(11)18-15(19)9-17-16(20)14-8-12(21-2)10-22-14/h4-8,10H,3,9H2,1-2H3,(H,17,20)(H,18,19).